The molecule has 0 aliphatic rings. The fourth-order valence-corrected chi connectivity index (χ4v) is 4.30. The number of hydrogen-bond donors (Lipinski definition) is 1. The van der Waals surface area contributed by atoms with Gasteiger partial charge in [0.25, 0.3) is 5.91 Å². The molecule has 0 aliphatic carbocycles. The van der Waals surface area contributed by atoms with Crippen molar-refractivity contribution in [3.05, 3.63) is 76.5 Å². The summed E-state index contributed by atoms with van der Waals surface area (Å²) in [7, 11) is 0. The van der Waals surface area contributed by atoms with Crippen molar-refractivity contribution < 1.29 is 18.7 Å². The van der Waals surface area contributed by atoms with Crippen LogP contribution in [0.25, 0.3) is 10.8 Å². The highest BCUT2D eigenvalue weighted by Gasteiger charge is 2.29. The van der Waals surface area contributed by atoms with Gasteiger partial charge in [0.15, 0.2) is 6.61 Å². The summed E-state index contributed by atoms with van der Waals surface area (Å²) >= 11 is 3.58. The zero-order chi connectivity index (χ0) is 24.7. The number of carbonyl (C=O) groups is 2. The molecule has 1 N–H and O–H groups in total. The van der Waals surface area contributed by atoms with Crippen molar-refractivity contribution in [2.75, 3.05) is 6.61 Å². The van der Waals surface area contributed by atoms with Gasteiger partial charge in [0.05, 0.1) is 4.47 Å². The number of amides is 2. The van der Waals surface area contributed by atoms with E-state index in [0.29, 0.717) is 12.2 Å². The van der Waals surface area contributed by atoms with Crippen molar-refractivity contribution in [3.63, 3.8) is 0 Å². The Bertz CT molecular complexity index is 1140. The average molecular weight is 529 g/mol. The lowest BCUT2D eigenvalue weighted by atomic mass is 10.1. The van der Waals surface area contributed by atoms with Crippen molar-refractivity contribution in [1.29, 1.82) is 0 Å². The molecule has 5 nitrogen and oxygen atoms in total. The molecule has 2 atom stereocenters. The third-order valence-electron chi connectivity index (χ3n) is 5.83. The minimum Gasteiger partial charge on any atom is -0.483 e. The average Bonchev–Trinajstić information content (AvgIpc) is 2.84. The number of nitrogens with one attached hydrogen (secondary N) is 1. The summed E-state index contributed by atoms with van der Waals surface area (Å²) in [5.74, 6) is -0.340. The van der Waals surface area contributed by atoms with E-state index >= 15 is 0 Å². The number of carbonyl (C=O) groups excluding carboxylic acids is 2. The Balaban J connectivity index is 1.82. The molecule has 0 heterocycles. The van der Waals surface area contributed by atoms with E-state index in [-0.39, 0.29) is 36.8 Å². The Labute approximate surface area is 208 Å². The highest BCUT2D eigenvalue weighted by atomic mass is 79.9. The molecule has 0 aliphatic heterocycles. The number of benzene rings is 3. The molecule has 0 spiro atoms. The van der Waals surface area contributed by atoms with Gasteiger partial charge in [-0.2, -0.15) is 0 Å². The Hall–Kier alpha value is -2.93. The van der Waals surface area contributed by atoms with Crippen LogP contribution in [0.1, 0.15) is 39.2 Å². The lowest BCUT2D eigenvalue weighted by molar-refractivity contribution is -0.143. The molecule has 3 aromatic rings. The van der Waals surface area contributed by atoms with Gasteiger partial charge in [-0.15, -0.1) is 0 Å². The predicted molar refractivity (Wildman–Crippen MR) is 136 cm³/mol. The Morgan fingerprint density at radius 3 is 2.41 bits per heavy atom. The molecule has 2 amide bonds. The fraction of sp³-hybridized carbons (Fsp3) is 0.333. The molecule has 3 rings (SSSR count). The van der Waals surface area contributed by atoms with Gasteiger partial charge in [-0.1, -0.05) is 56.3 Å². The molecule has 7 heteroatoms. The zero-order valence-electron chi connectivity index (χ0n) is 19.7. The van der Waals surface area contributed by atoms with Gasteiger partial charge in [0.2, 0.25) is 5.91 Å². The van der Waals surface area contributed by atoms with Crippen LogP contribution in [0.5, 0.6) is 5.75 Å². The van der Waals surface area contributed by atoms with Crippen LogP contribution in [0.2, 0.25) is 0 Å². The van der Waals surface area contributed by atoms with Gasteiger partial charge in [-0.25, -0.2) is 4.39 Å². The molecule has 180 valence electrons. The molecule has 34 heavy (non-hydrogen) atoms. The molecule has 0 fully saturated rings. The summed E-state index contributed by atoms with van der Waals surface area (Å²) in [4.78, 5) is 27.9. The molecule has 3 aromatic carbocycles. The van der Waals surface area contributed by atoms with Gasteiger partial charge in [0, 0.05) is 12.6 Å². The van der Waals surface area contributed by atoms with E-state index in [4.69, 9.17) is 4.74 Å². The van der Waals surface area contributed by atoms with E-state index < -0.39 is 6.04 Å². The molecule has 0 unspecified atom stereocenters. The Kier molecular flexibility index (Phi) is 9.05. The lowest BCUT2D eigenvalue weighted by Crippen LogP contribution is -2.51. The van der Waals surface area contributed by atoms with Crippen molar-refractivity contribution in [1.82, 2.24) is 10.2 Å². The highest BCUT2D eigenvalue weighted by Crippen LogP contribution is 2.33. The van der Waals surface area contributed by atoms with Gasteiger partial charge >= 0.3 is 0 Å². The summed E-state index contributed by atoms with van der Waals surface area (Å²) in [5.41, 5.74) is 0.733. The van der Waals surface area contributed by atoms with E-state index in [1.165, 1.54) is 17.0 Å². The molecule has 0 saturated carbocycles. The quantitative estimate of drug-likeness (QED) is 0.359. The first-order valence-electron chi connectivity index (χ1n) is 11.5. The summed E-state index contributed by atoms with van der Waals surface area (Å²) in [6, 6.07) is 16.9. The van der Waals surface area contributed by atoms with Crippen LogP contribution in [0.15, 0.2) is 65.1 Å². The van der Waals surface area contributed by atoms with Crippen LogP contribution >= 0.6 is 15.9 Å². The van der Waals surface area contributed by atoms with Crippen LogP contribution in [0, 0.1) is 5.82 Å². The SMILES string of the molecule is CC[C@@H](C)NC(=O)[C@@H](CC)N(Cc1ccc(F)cc1)C(=O)COc1ccc2ccccc2c1Br. The zero-order valence-corrected chi connectivity index (χ0v) is 21.3. The van der Waals surface area contributed by atoms with Crippen molar-refractivity contribution in [3.8, 4) is 5.75 Å². The number of hydrogen-bond acceptors (Lipinski definition) is 3. The number of ether oxygens (including phenoxy) is 1. The number of rotatable bonds is 10. The highest BCUT2D eigenvalue weighted by molar-refractivity contribution is 9.10. The standard InChI is InChI=1S/C27H30BrFN2O3/c1-4-18(3)30-27(33)23(5-2)31(16-19-10-13-21(29)14-11-19)25(32)17-34-24-15-12-20-8-6-7-9-22(20)26(24)28/h6-15,18,23H,4-5,16-17H2,1-3H3,(H,30,33)/t18-,23-/m1/s1. The van der Waals surface area contributed by atoms with E-state index in [1.807, 2.05) is 57.2 Å². The summed E-state index contributed by atoms with van der Waals surface area (Å²) in [6.07, 6.45) is 1.22. The molecular weight excluding hydrogens is 499 g/mol. The molecule has 0 saturated heterocycles. The molecule has 0 bridgehead atoms. The van der Waals surface area contributed by atoms with Crippen LogP contribution in [0.3, 0.4) is 0 Å². The van der Waals surface area contributed by atoms with Crippen LogP contribution in [0.4, 0.5) is 4.39 Å². The van der Waals surface area contributed by atoms with Crippen molar-refractivity contribution in [2.45, 2.75) is 52.2 Å². The normalized spacial score (nSPS) is 12.7. The van der Waals surface area contributed by atoms with E-state index in [2.05, 4.69) is 21.2 Å². The first-order chi connectivity index (χ1) is 16.3. The largest absolute Gasteiger partial charge is 0.483 e. The third-order valence-corrected chi connectivity index (χ3v) is 6.65. The third kappa shape index (κ3) is 6.35. The summed E-state index contributed by atoms with van der Waals surface area (Å²) in [5, 5.41) is 5.01. The van der Waals surface area contributed by atoms with E-state index in [0.717, 1.165) is 27.2 Å². The molecule has 0 radical (unpaired) electrons. The van der Waals surface area contributed by atoms with Crippen LogP contribution < -0.4 is 10.1 Å². The number of halogens is 2. The summed E-state index contributed by atoms with van der Waals surface area (Å²) < 4.78 is 20.1. The second-order valence-corrected chi connectivity index (χ2v) is 9.07. The predicted octanol–water partition coefficient (Wildman–Crippen LogP) is 5.84. The van der Waals surface area contributed by atoms with Crippen LogP contribution in [-0.2, 0) is 16.1 Å². The minimum atomic E-state index is -0.671. The Morgan fingerprint density at radius 2 is 1.74 bits per heavy atom. The molecule has 0 aromatic heterocycles. The smallest absolute Gasteiger partial charge is 0.261 e. The second kappa shape index (κ2) is 12.0. The molecular formula is C27H30BrFN2O3. The van der Waals surface area contributed by atoms with Crippen molar-refractivity contribution in [2.24, 2.45) is 0 Å². The minimum absolute atomic E-state index is 0.00544. The summed E-state index contributed by atoms with van der Waals surface area (Å²) in [6.45, 7) is 5.73. The van der Waals surface area contributed by atoms with Crippen LogP contribution in [-0.4, -0.2) is 35.4 Å². The second-order valence-electron chi connectivity index (χ2n) is 8.28. The number of fused-ring (bicyclic) bond motifs is 1. The topological polar surface area (TPSA) is 58.6 Å². The van der Waals surface area contributed by atoms with Gasteiger partial charge in [-0.3, -0.25) is 9.59 Å². The first-order valence-corrected chi connectivity index (χ1v) is 12.3. The first kappa shape index (κ1) is 25.7. The maximum absolute atomic E-state index is 13.4. The fourth-order valence-electron chi connectivity index (χ4n) is 3.69. The van der Waals surface area contributed by atoms with Gasteiger partial charge < -0.3 is 15.0 Å². The number of nitrogens with zero attached hydrogens (tertiary/aromatic N) is 1. The monoisotopic (exact) mass is 528 g/mol. The van der Waals surface area contributed by atoms with Gasteiger partial charge in [0.1, 0.15) is 17.6 Å². The Morgan fingerprint density at radius 1 is 1.03 bits per heavy atom. The maximum atomic E-state index is 13.4. The van der Waals surface area contributed by atoms with E-state index in [9.17, 15) is 14.0 Å². The van der Waals surface area contributed by atoms with Gasteiger partial charge in [-0.05, 0) is 70.2 Å². The lowest BCUT2D eigenvalue weighted by Gasteiger charge is -2.31. The van der Waals surface area contributed by atoms with E-state index in [1.54, 1.807) is 12.1 Å². The maximum Gasteiger partial charge on any atom is 0.261 e. The van der Waals surface area contributed by atoms with Crippen molar-refractivity contribution >= 4 is 38.5 Å².